The van der Waals surface area contributed by atoms with Gasteiger partial charge in [-0.3, -0.25) is 0 Å². The largest absolute Gasteiger partial charge is 0.340 e. The summed E-state index contributed by atoms with van der Waals surface area (Å²) >= 11 is 17.5. The highest BCUT2D eigenvalue weighted by Gasteiger charge is 2.28. The number of unbranched alkanes of at least 4 members (excludes halogenated alkanes) is 1. The van der Waals surface area contributed by atoms with Crippen LogP contribution in [0, 0.1) is 18.3 Å². The van der Waals surface area contributed by atoms with E-state index in [1.54, 1.807) is 6.92 Å². The standard InChI is InChI=1S/C12H16Cl3N5/c1-3-4-7-20(8-5-6-16)11-18-9(2)17-10(19-11)12(13,14)15/h3-5,7-8H2,1-2H3. The van der Waals surface area contributed by atoms with Crippen molar-refractivity contribution in [1.82, 2.24) is 15.0 Å². The molecule has 0 saturated carbocycles. The summed E-state index contributed by atoms with van der Waals surface area (Å²) in [5.41, 5.74) is 0. The highest BCUT2D eigenvalue weighted by Crippen LogP contribution is 2.36. The number of rotatable bonds is 6. The van der Waals surface area contributed by atoms with Crippen molar-refractivity contribution in [2.24, 2.45) is 0 Å². The number of halogens is 3. The number of hydrogen-bond donors (Lipinski definition) is 0. The fourth-order valence-electron chi connectivity index (χ4n) is 1.58. The second kappa shape index (κ2) is 7.82. The molecule has 20 heavy (non-hydrogen) atoms. The number of hydrogen-bond acceptors (Lipinski definition) is 5. The van der Waals surface area contributed by atoms with Crippen molar-refractivity contribution in [1.29, 1.82) is 5.26 Å². The first-order valence-corrected chi connectivity index (χ1v) is 7.43. The average molecular weight is 337 g/mol. The number of aryl methyl sites for hydroxylation is 1. The van der Waals surface area contributed by atoms with Crippen LogP contribution in [0.15, 0.2) is 0 Å². The topological polar surface area (TPSA) is 65.7 Å². The average Bonchev–Trinajstić information content (AvgIpc) is 2.37. The predicted octanol–water partition coefficient (Wildman–Crippen LogP) is 3.53. The third-order valence-corrected chi connectivity index (χ3v) is 3.05. The van der Waals surface area contributed by atoms with E-state index in [9.17, 15) is 0 Å². The number of alkyl halides is 3. The third-order valence-electron chi connectivity index (χ3n) is 2.55. The molecular formula is C12H16Cl3N5. The highest BCUT2D eigenvalue weighted by atomic mass is 35.6. The number of nitrogens with zero attached hydrogens (tertiary/aromatic N) is 5. The predicted molar refractivity (Wildman–Crippen MR) is 81.2 cm³/mol. The van der Waals surface area contributed by atoms with Crippen LogP contribution >= 0.6 is 34.8 Å². The van der Waals surface area contributed by atoms with Crippen LogP contribution in [0.2, 0.25) is 0 Å². The van der Waals surface area contributed by atoms with E-state index in [2.05, 4.69) is 27.9 Å². The number of anilines is 1. The first-order valence-electron chi connectivity index (χ1n) is 6.30. The minimum Gasteiger partial charge on any atom is -0.340 e. The van der Waals surface area contributed by atoms with Crippen LogP contribution in [0.1, 0.15) is 37.8 Å². The monoisotopic (exact) mass is 335 g/mol. The molecule has 0 saturated heterocycles. The van der Waals surface area contributed by atoms with Gasteiger partial charge in [-0.1, -0.05) is 48.1 Å². The van der Waals surface area contributed by atoms with Crippen LogP contribution in [0.4, 0.5) is 5.95 Å². The normalized spacial score (nSPS) is 11.2. The summed E-state index contributed by atoms with van der Waals surface area (Å²) in [5.74, 6) is 1.03. The van der Waals surface area contributed by atoms with Gasteiger partial charge in [0.05, 0.1) is 12.5 Å². The van der Waals surface area contributed by atoms with Gasteiger partial charge in [0, 0.05) is 13.1 Å². The van der Waals surface area contributed by atoms with Crippen LogP contribution < -0.4 is 4.90 Å². The molecule has 0 atom stereocenters. The molecule has 5 nitrogen and oxygen atoms in total. The molecule has 1 aromatic rings. The van der Waals surface area contributed by atoms with E-state index >= 15 is 0 Å². The Kier molecular flexibility index (Phi) is 6.74. The molecule has 0 bridgehead atoms. The smallest absolute Gasteiger partial charge is 0.250 e. The molecular weight excluding hydrogens is 321 g/mol. The molecule has 0 unspecified atom stereocenters. The summed E-state index contributed by atoms with van der Waals surface area (Å²) in [5, 5.41) is 8.73. The Bertz CT molecular complexity index is 481. The summed E-state index contributed by atoms with van der Waals surface area (Å²) < 4.78 is -1.69. The molecule has 110 valence electrons. The second-order valence-corrected chi connectivity index (χ2v) is 6.53. The van der Waals surface area contributed by atoms with Gasteiger partial charge in [0.1, 0.15) is 5.82 Å². The lowest BCUT2D eigenvalue weighted by atomic mass is 10.3. The Labute approximate surface area is 133 Å². The molecule has 0 aliphatic rings. The third kappa shape index (κ3) is 5.28. The van der Waals surface area contributed by atoms with Gasteiger partial charge in [-0.15, -0.1) is 0 Å². The van der Waals surface area contributed by atoms with E-state index in [-0.39, 0.29) is 5.82 Å². The molecule has 0 aliphatic heterocycles. The van der Waals surface area contributed by atoms with Gasteiger partial charge in [-0.2, -0.15) is 15.2 Å². The van der Waals surface area contributed by atoms with E-state index in [0.717, 1.165) is 19.4 Å². The Hall–Kier alpha value is -0.830. The van der Waals surface area contributed by atoms with Gasteiger partial charge >= 0.3 is 0 Å². The molecule has 8 heteroatoms. The number of nitriles is 1. The fraction of sp³-hybridized carbons (Fsp3) is 0.667. The first-order chi connectivity index (χ1) is 9.38. The maximum Gasteiger partial charge on any atom is 0.250 e. The van der Waals surface area contributed by atoms with Gasteiger partial charge in [-0.05, 0) is 13.3 Å². The SMILES string of the molecule is CCCCN(CCC#N)c1nc(C)nc(C(Cl)(Cl)Cl)n1. The van der Waals surface area contributed by atoms with Crippen molar-refractivity contribution in [2.45, 2.75) is 36.9 Å². The van der Waals surface area contributed by atoms with E-state index in [1.807, 2.05) is 4.90 Å². The molecule has 1 rings (SSSR count). The lowest BCUT2D eigenvalue weighted by Crippen LogP contribution is -2.29. The minimum absolute atomic E-state index is 0.100. The Morgan fingerprint density at radius 2 is 1.90 bits per heavy atom. The van der Waals surface area contributed by atoms with Gasteiger partial charge < -0.3 is 4.90 Å². The van der Waals surface area contributed by atoms with Crippen LogP contribution in [0.3, 0.4) is 0 Å². The lowest BCUT2D eigenvalue weighted by molar-refractivity contribution is 0.689. The van der Waals surface area contributed by atoms with Crippen LogP contribution in [-0.4, -0.2) is 28.0 Å². The summed E-state index contributed by atoms with van der Waals surface area (Å²) in [4.78, 5) is 14.4. The van der Waals surface area contributed by atoms with E-state index < -0.39 is 3.79 Å². The lowest BCUT2D eigenvalue weighted by Gasteiger charge is -2.22. The van der Waals surface area contributed by atoms with Crippen LogP contribution in [0.25, 0.3) is 0 Å². The Morgan fingerprint density at radius 3 is 2.45 bits per heavy atom. The van der Waals surface area contributed by atoms with Gasteiger partial charge in [-0.25, -0.2) is 4.98 Å². The van der Waals surface area contributed by atoms with Crippen molar-refractivity contribution in [3.63, 3.8) is 0 Å². The summed E-state index contributed by atoms with van der Waals surface area (Å²) in [7, 11) is 0. The summed E-state index contributed by atoms with van der Waals surface area (Å²) in [6, 6.07) is 2.11. The Balaban J connectivity index is 3.05. The maximum atomic E-state index is 8.73. The van der Waals surface area contributed by atoms with Crippen molar-refractivity contribution in [3.8, 4) is 6.07 Å². The van der Waals surface area contributed by atoms with Gasteiger partial charge in [0.25, 0.3) is 0 Å². The van der Waals surface area contributed by atoms with Crippen molar-refractivity contribution in [3.05, 3.63) is 11.6 Å². The molecule has 0 N–H and O–H groups in total. The first kappa shape index (κ1) is 17.2. The molecule has 1 heterocycles. The van der Waals surface area contributed by atoms with Gasteiger partial charge in [0.15, 0.2) is 5.82 Å². The van der Waals surface area contributed by atoms with Crippen LogP contribution in [-0.2, 0) is 3.79 Å². The highest BCUT2D eigenvalue weighted by molar-refractivity contribution is 6.66. The molecule has 0 aliphatic carbocycles. The zero-order chi connectivity index (χ0) is 15.2. The quantitative estimate of drug-likeness (QED) is 0.743. The van der Waals surface area contributed by atoms with E-state index in [0.29, 0.717) is 24.7 Å². The molecule has 0 spiro atoms. The summed E-state index contributed by atoms with van der Waals surface area (Å²) in [6.07, 6.45) is 2.39. The van der Waals surface area contributed by atoms with Gasteiger partial charge in [0.2, 0.25) is 9.74 Å². The molecule has 0 radical (unpaired) electrons. The number of aromatic nitrogens is 3. The van der Waals surface area contributed by atoms with E-state index in [1.165, 1.54) is 0 Å². The van der Waals surface area contributed by atoms with Crippen molar-refractivity contribution in [2.75, 3.05) is 18.0 Å². The molecule has 0 fully saturated rings. The zero-order valence-corrected chi connectivity index (χ0v) is 13.7. The van der Waals surface area contributed by atoms with Crippen molar-refractivity contribution < 1.29 is 0 Å². The molecule has 0 amide bonds. The van der Waals surface area contributed by atoms with Crippen LogP contribution in [0.5, 0.6) is 0 Å². The molecule has 0 aromatic carbocycles. The summed E-state index contributed by atoms with van der Waals surface area (Å²) in [6.45, 7) is 5.10. The minimum atomic E-state index is -1.69. The van der Waals surface area contributed by atoms with E-state index in [4.69, 9.17) is 40.1 Å². The maximum absolute atomic E-state index is 8.73. The fourth-order valence-corrected chi connectivity index (χ4v) is 1.84. The Morgan fingerprint density at radius 1 is 1.20 bits per heavy atom. The second-order valence-electron chi connectivity index (χ2n) is 4.25. The zero-order valence-electron chi connectivity index (χ0n) is 11.4. The van der Waals surface area contributed by atoms with Crippen molar-refractivity contribution >= 4 is 40.8 Å². The molecule has 1 aromatic heterocycles.